The largest absolute Gasteiger partial charge is 0.478 e. The van der Waals surface area contributed by atoms with Crippen molar-refractivity contribution in [1.29, 1.82) is 0 Å². The van der Waals surface area contributed by atoms with Crippen molar-refractivity contribution < 1.29 is 14.6 Å². The molecule has 0 spiro atoms. The molecular formula is C12H16N2O3. The van der Waals surface area contributed by atoms with Gasteiger partial charge in [0.25, 0.3) is 0 Å². The van der Waals surface area contributed by atoms with Gasteiger partial charge < -0.3 is 14.7 Å². The number of rotatable bonds is 2. The van der Waals surface area contributed by atoms with Crippen molar-refractivity contribution in [3.63, 3.8) is 0 Å². The highest BCUT2D eigenvalue weighted by Gasteiger charge is 2.25. The Kier molecular flexibility index (Phi) is 3.28. The average Bonchev–Trinajstić information content (AvgIpc) is 2.28. The van der Waals surface area contributed by atoms with Crippen molar-refractivity contribution in [3.8, 4) is 0 Å². The van der Waals surface area contributed by atoms with Crippen LogP contribution >= 0.6 is 0 Å². The number of morpholine rings is 1. The number of anilines is 1. The summed E-state index contributed by atoms with van der Waals surface area (Å²) in [6, 6.07) is 1.87. The number of ether oxygens (including phenoxy) is 1. The first-order valence-electron chi connectivity index (χ1n) is 5.64. The summed E-state index contributed by atoms with van der Waals surface area (Å²) >= 11 is 0. The van der Waals surface area contributed by atoms with E-state index in [0.717, 1.165) is 5.56 Å². The number of nitrogens with zero attached hydrogens (tertiary/aromatic N) is 2. The third-order valence-corrected chi connectivity index (χ3v) is 2.99. The quantitative estimate of drug-likeness (QED) is 0.839. The van der Waals surface area contributed by atoms with Gasteiger partial charge in [0.2, 0.25) is 0 Å². The minimum atomic E-state index is -0.927. The fourth-order valence-corrected chi connectivity index (χ4v) is 2.07. The maximum atomic E-state index is 11.3. The molecule has 2 heterocycles. The summed E-state index contributed by atoms with van der Waals surface area (Å²) in [7, 11) is 0. The van der Waals surface area contributed by atoms with Gasteiger partial charge in [-0.3, -0.25) is 0 Å². The molecule has 1 aliphatic heterocycles. The van der Waals surface area contributed by atoms with E-state index >= 15 is 0 Å². The van der Waals surface area contributed by atoms with Crippen molar-refractivity contribution in [3.05, 3.63) is 23.4 Å². The summed E-state index contributed by atoms with van der Waals surface area (Å²) in [6.45, 7) is 5.69. The van der Waals surface area contributed by atoms with Crippen molar-refractivity contribution in [2.45, 2.75) is 19.9 Å². The Morgan fingerprint density at radius 3 is 3.06 bits per heavy atom. The summed E-state index contributed by atoms with van der Waals surface area (Å²) in [4.78, 5) is 17.5. The molecule has 1 aromatic heterocycles. The van der Waals surface area contributed by atoms with Gasteiger partial charge in [0, 0.05) is 12.7 Å². The second-order valence-electron chi connectivity index (χ2n) is 4.25. The number of hydrogen-bond acceptors (Lipinski definition) is 4. The Balaban J connectivity index is 2.43. The van der Waals surface area contributed by atoms with Gasteiger partial charge >= 0.3 is 5.97 Å². The molecule has 1 atom stereocenters. The van der Waals surface area contributed by atoms with E-state index in [1.165, 1.54) is 0 Å². The van der Waals surface area contributed by atoms with Crippen LogP contribution in [0.15, 0.2) is 12.3 Å². The number of pyridine rings is 1. The summed E-state index contributed by atoms with van der Waals surface area (Å²) in [6.07, 6.45) is 1.65. The first-order valence-corrected chi connectivity index (χ1v) is 5.64. The molecule has 17 heavy (non-hydrogen) atoms. The number of carboxylic acid groups (broad SMARTS) is 1. The molecule has 5 heteroatoms. The maximum Gasteiger partial charge on any atom is 0.339 e. The zero-order valence-corrected chi connectivity index (χ0v) is 10.0. The number of carbonyl (C=O) groups is 1. The number of aromatic carboxylic acids is 1. The predicted octanol–water partition coefficient (Wildman–Crippen LogP) is 1.31. The second-order valence-corrected chi connectivity index (χ2v) is 4.25. The van der Waals surface area contributed by atoms with E-state index in [1.54, 1.807) is 19.2 Å². The molecule has 0 radical (unpaired) electrons. The number of hydrogen-bond donors (Lipinski definition) is 1. The van der Waals surface area contributed by atoms with Crippen molar-refractivity contribution in [2.24, 2.45) is 0 Å². The molecule has 1 N–H and O–H groups in total. The van der Waals surface area contributed by atoms with Crippen LogP contribution in [-0.4, -0.2) is 41.9 Å². The van der Waals surface area contributed by atoms with Gasteiger partial charge in [-0.15, -0.1) is 0 Å². The summed E-state index contributed by atoms with van der Waals surface area (Å²) < 4.78 is 5.35. The third-order valence-electron chi connectivity index (χ3n) is 2.99. The lowest BCUT2D eigenvalue weighted by atomic mass is 10.1. The van der Waals surface area contributed by atoms with Gasteiger partial charge in [-0.2, -0.15) is 0 Å². The molecule has 0 aliphatic carbocycles. The molecule has 1 fully saturated rings. The summed E-state index contributed by atoms with van der Waals surface area (Å²) in [5.41, 5.74) is 1.03. The van der Waals surface area contributed by atoms with Gasteiger partial charge in [-0.25, -0.2) is 9.78 Å². The van der Waals surface area contributed by atoms with Crippen LogP contribution in [0.3, 0.4) is 0 Å². The minimum absolute atomic E-state index is 0.149. The Morgan fingerprint density at radius 2 is 2.41 bits per heavy atom. The molecular weight excluding hydrogens is 220 g/mol. The molecule has 92 valence electrons. The van der Waals surface area contributed by atoms with Gasteiger partial charge in [-0.05, 0) is 25.5 Å². The van der Waals surface area contributed by atoms with Crippen LogP contribution in [0.4, 0.5) is 5.82 Å². The van der Waals surface area contributed by atoms with E-state index in [9.17, 15) is 9.90 Å². The lowest BCUT2D eigenvalue weighted by Crippen LogP contribution is -2.44. The van der Waals surface area contributed by atoms with E-state index in [2.05, 4.69) is 4.98 Å². The first-order chi connectivity index (χ1) is 8.11. The van der Waals surface area contributed by atoms with E-state index in [-0.39, 0.29) is 6.04 Å². The standard InChI is InChI=1S/C12H16N2O3/c1-8-3-4-13-11(10(8)12(15)16)14-5-6-17-7-9(14)2/h3-4,9H,5-7H2,1-2H3,(H,15,16). The molecule has 1 saturated heterocycles. The Hall–Kier alpha value is -1.62. The van der Waals surface area contributed by atoms with E-state index in [4.69, 9.17) is 4.74 Å². The predicted molar refractivity (Wildman–Crippen MR) is 63.6 cm³/mol. The lowest BCUT2D eigenvalue weighted by Gasteiger charge is -2.35. The van der Waals surface area contributed by atoms with Gasteiger partial charge in [0.15, 0.2) is 0 Å². The van der Waals surface area contributed by atoms with Gasteiger partial charge in [-0.1, -0.05) is 0 Å². The lowest BCUT2D eigenvalue weighted by molar-refractivity contribution is 0.0693. The first kappa shape index (κ1) is 11.9. The monoisotopic (exact) mass is 236 g/mol. The normalized spacial score (nSPS) is 20.4. The van der Waals surface area contributed by atoms with Crippen LogP contribution in [0.1, 0.15) is 22.8 Å². The number of aryl methyl sites for hydroxylation is 1. The minimum Gasteiger partial charge on any atom is -0.478 e. The van der Waals surface area contributed by atoms with E-state index in [1.807, 2.05) is 11.8 Å². The van der Waals surface area contributed by atoms with Crippen LogP contribution in [0.25, 0.3) is 0 Å². The van der Waals surface area contributed by atoms with Crippen molar-refractivity contribution >= 4 is 11.8 Å². The second kappa shape index (κ2) is 4.71. The molecule has 0 amide bonds. The average molecular weight is 236 g/mol. The van der Waals surface area contributed by atoms with Crippen molar-refractivity contribution in [2.75, 3.05) is 24.7 Å². The highest BCUT2D eigenvalue weighted by molar-refractivity contribution is 5.95. The van der Waals surface area contributed by atoms with Crippen LogP contribution < -0.4 is 4.90 Å². The van der Waals surface area contributed by atoms with E-state index < -0.39 is 5.97 Å². The Labute approximate surface area is 100 Å². The molecule has 1 aromatic rings. The fourth-order valence-electron chi connectivity index (χ4n) is 2.07. The summed E-state index contributed by atoms with van der Waals surface area (Å²) in [5, 5.41) is 9.27. The Morgan fingerprint density at radius 1 is 1.65 bits per heavy atom. The Bertz CT molecular complexity index is 434. The van der Waals surface area contributed by atoms with Crippen LogP contribution in [-0.2, 0) is 4.74 Å². The SMILES string of the molecule is Cc1ccnc(N2CCOCC2C)c1C(=O)O. The molecule has 0 saturated carbocycles. The van der Waals surface area contributed by atoms with Crippen LogP contribution in [0, 0.1) is 6.92 Å². The third kappa shape index (κ3) is 2.24. The summed E-state index contributed by atoms with van der Waals surface area (Å²) in [5.74, 6) is -0.377. The smallest absolute Gasteiger partial charge is 0.339 e. The van der Waals surface area contributed by atoms with E-state index in [0.29, 0.717) is 31.1 Å². The van der Waals surface area contributed by atoms with Crippen LogP contribution in [0.5, 0.6) is 0 Å². The molecule has 1 unspecified atom stereocenters. The molecule has 0 aromatic carbocycles. The van der Waals surface area contributed by atoms with Crippen LogP contribution in [0.2, 0.25) is 0 Å². The topological polar surface area (TPSA) is 62.7 Å². The number of aromatic nitrogens is 1. The molecule has 2 rings (SSSR count). The zero-order chi connectivity index (χ0) is 12.4. The molecule has 1 aliphatic rings. The fraction of sp³-hybridized carbons (Fsp3) is 0.500. The zero-order valence-electron chi connectivity index (χ0n) is 10.0. The molecule has 0 bridgehead atoms. The maximum absolute atomic E-state index is 11.3. The highest BCUT2D eigenvalue weighted by atomic mass is 16.5. The van der Waals surface area contributed by atoms with Gasteiger partial charge in [0.05, 0.1) is 19.3 Å². The molecule has 5 nitrogen and oxygen atoms in total. The number of carboxylic acids is 1. The van der Waals surface area contributed by atoms with Crippen molar-refractivity contribution in [1.82, 2.24) is 4.98 Å². The highest BCUT2D eigenvalue weighted by Crippen LogP contribution is 2.24. The van der Waals surface area contributed by atoms with Gasteiger partial charge in [0.1, 0.15) is 11.4 Å².